The zero-order valence-electron chi connectivity index (χ0n) is 17.3. The predicted molar refractivity (Wildman–Crippen MR) is 109 cm³/mol. The molecule has 1 amide bonds. The van der Waals surface area contributed by atoms with Crippen LogP contribution in [0.3, 0.4) is 0 Å². The van der Waals surface area contributed by atoms with Crippen molar-refractivity contribution in [2.45, 2.75) is 31.0 Å². The Balaban J connectivity index is 2.10. The summed E-state index contributed by atoms with van der Waals surface area (Å²) in [5, 5.41) is 2.57. The van der Waals surface area contributed by atoms with Crippen LogP contribution in [0.5, 0.6) is 5.75 Å². The molecule has 0 unspecified atom stereocenters. The summed E-state index contributed by atoms with van der Waals surface area (Å²) in [6.07, 6.45) is -6.01. The number of anilines is 1. The molecule has 0 bridgehead atoms. The Morgan fingerprint density at radius 1 is 1.12 bits per heavy atom. The number of carbonyl (C=O) groups excluding carboxylic acids is 2. The van der Waals surface area contributed by atoms with Gasteiger partial charge in [0.1, 0.15) is 12.3 Å². The lowest BCUT2D eigenvalue weighted by atomic mass is 10.2. The first-order chi connectivity index (χ1) is 14.8. The van der Waals surface area contributed by atoms with Gasteiger partial charge < -0.3 is 14.8 Å². The van der Waals surface area contributed by atoms with Crippen LogP contribution in [0, 0.1) is 6.92 Å². The van der Waals surface area contributed by atoms with E-state index in [1.165, 1.54) is 30.9 Å². The standard InChI is InChI=1S/C20H21F3N2O6S/c1-12-7-8-17(30-3)16(9-12)25-18(26)13(2)31-19(27)14-5-4-6-15(10-14)32(28,29)24-11-20(21,22)23/h4-10,13,24H,11H2,1-3H3,(H,25,26)/t13-/m0/s1. The van der Waals surface area contributed by atoms with Crippen LogP contribution in [-0.2, 0) is 19.6 Å². The van der Waals surface area contributed by atoms with E-state index in [1.54, 1.807) is 18.2 Å². The van der Waals surface area contributed by atoms with Gasteiger partial charge >= 0.3 is 12.1 Å². The number of nitrogens with one attached hydrogen (secondary N) is 2. The summed E-state index contributed by atoms with van der Waals surface area (Å²) in [4.78, 5) is 24.2. The Hall–Kier alpha value is -3.12. The van der Waals surface area contributed by atoms with Crippen LogP contribution in [0.25, 0.3) is 0 Å². The van der Waals surface area contributed by atoms with Gasteiger partial charge in [-0.2, -0.15) is 13.2 Å². The zero-order valence-corrected chi connectivity index (χ0v) is 18.1. The highest BCUT2D eigenvalue weighted by Gasteiger charge is 2.30. The second kappa shape index (κ2) is 10.0. The largest absolute Gasteiger partial charge is 0.495 e. The molecule has 0 spiro atoms. The molecule has 2 rings (SSSR count). The quantitative estimate of drug-likeness (QED) is 0.569. The van der Waals surface area contributed by atoms with E-state index in [4.69, 9.17) is 9.47 Å². The molecule has 8 nitrogen and oxygen atoms in total. The third kappa shape index (κ3) is 6.95. The molecule has 0 saturated carbocycles. The first-order valence-corrected chi connectivity index (χ1v) is 10.6. The van der Waals surface area contributed by atoms with Crippen LogP contribution in [0.4, 0.5) is 18.9 Å². The smallest absolute Gasteiger partial charge is 0.402 e. The molecule has 2 N–H and O–H groups in total. The van der Waals surface area contributed by atoms with Gasteiger partial charge in [0.15, 0.2) is 6.10 Å². The lowest BCUT2D eigenvalue weighted by Crippen LogP contribution is -2.34. The van der Waals surface area contributed by atoms with Gasteiger partial charge in [-0.25, -0.2) is 17.9 Å². The maximum Gasteiger partial charge on any atom is 0.402 e. The third-order valence-corrected chi connectivity index (χ3v) is 5.51. The molecule has 0 fully saturated rings. The number of benzene rings is 2. The van der Waals surface area contributed by atoms with Crippen LogP contribution in [0.2, 0.25) is 0 Å². The molecule has 0 heterocycles. The van der Waals surface area contributed by atoms with E-state index in [0.717, 1.165) is 17.7 Å². The maximum absolute atomic E-state index is 12.4. The number of methoxy groups -OCH3 is 1. The fraction of sp³-hybridized carbons (Fsp3) is 0.300. The van der Waals surface area contributed by atoms with E-state index in [2.05, 4.69) is 5.32 Å². The van der Waals surface area contributed by atoms with Gasteiger partial charge in [-0.05, 0) is 49.7 Å². The van der Waals surface area contributed by atoms with Crippen molar-refractivity contribution in [2.75, 3.05) is 19.0 Å². The lowest BCUT2D eigenvalue weighted by molar-refractivity contribution is -0.124. The molecule has 1 atom stereocenters. The summed E-state index contributed by atoms with van der Waals surface area (Å²) in [6, 6.07) is 9.35. The Morgan fingerprint density at radius 2 is 1.81 bits per heavy atom. The minimum absolute atomic E-state index is 0.257. The summed E-state index contributed by atoms with van der Waals surface area (Å²) < 4.78 is 72.6. The molecule has 0 aliphatic carbocycles. The van der Waals surface area contributed by atoms with Gasteiger partial charge in [0, 0.05) is 0 Å². The highest BCUT2D eigenvalue weighted by molar-refractivity contribution is 7.89. The summed E-state index contributed by atoms with van der Waals surface area (Å²) in [6.45, 7) is 1.35. The van der Waals surface area contributed by atoms with Crippen LogP contribution in [0.15, 0.2) is 47.4 Å². The van der Waals surface area contributed by atoms with Crippen molar-refractivity contribution in [3.8, 4) is 5.75 Å². The average molecular weight is 474 g/mol. The van der Waals surface area contributed by atoms with Crippen molar-refractivity contribution in [2.24, 2.45) is 0 Å². The van der Waals surface area contributed by atoms with Gasteiger partial charge in [0.05, 0.1) is 23.3 Å². The molecule has 0 aliphatic heterocycles. The summed E-state index contributed by atoms with van der Waals surface area (Å²) in [7, 11) is -3.09. The van der Waals surface area contributed by atoms with Crippen molar-refractivity contribution in [3.63, 3.8) is 0 Å². The topological polar surface area (TPSA) is 111 Å². The highest BCUT2D eigenvalue weighted by atomic mass is 32.2. The molecule has 174 valence electrons. The molecule has 0 aromatic heterocycles. The maximum atomic E-state index is 12.4. The number of rotatable bonds is 8. The van der Waals surface area contributed by atoms with E-state index >= 15 is 0 Å². The second-order valence-electron chi connectivity index (χ2n) is 6.71. The van der Waals surface area contributed by atoms with E-state index < -0.39 is 45.6 Å². The van der Waals surface area contributed by atoms with Crippen LogP contribution in [0.1, 0.15) is 22.8 Å². The number of alkyl halides is 3. The van der Waals surface area contributed by atoms with Gasteiger partial charge in [-0.3, -0.25) is 4.79 Å². The van der Waals surface area contributed by atoms with E-state index in [0.29, 0.717) is 11.4 Å². The molecule has 2 aromatic rings. The first kappa shape index (κ1) is 25.1. The van der Waals surface area contributed by atoms with Crippen LogP contribution in [-0.4, -0.2) is 46.2 Å². The van der Waals surface area contributed by atoms with Gasteiger partial charge in [0.25, 0.3) is 5.91 Å². The summed E-state index contributed by atoms with van der Waals surface area (Å²) in [5.41, 5.74) is 0.958. The Bertz CT molecular complexity index is 1100. The van der Waals surface area contributed by atoms with Crippen LogP contribution >= 0.6 is 0 Å². The number of ether oxygens (including phenoxy) is 2. The Kier molecular flexibility index (Phi) is 7.86. The number of carbonyl (C=O) groups is 2. The van der Waals surface area contributed by atoms with Gasteiger partial charge in [-0.15, -0.1) is 0 Å². The van der Waals surface area contributed by atoms with E-state index in [9.17, 15) is 31.2 Å². The molecular formula is C20H21F3N2O6S. The molecule has 2 aromatic carbocycles. The monoisotopic (exact) mass is 474 g/mol. The number of hydrogen-bond acceptors (Lipinski definition) is 6. The number of sulfonamides is 1. The summed E-state index contributed by atoms with van der Waals surface area (Å²) >= 11 is 0. The molecule has 12 heteroatoms. The Morgan fingerprint density at radius 3 is 2.44 bits per heavy atom. The number of amides is 1. The minimum Gasteiger partial charge on any atom is -0.495 e. The first-order valence-electron chi connectivity index (χ1n) is 9.15. The average Bonchev–Trinajstić information content (AvgIpc) is 2.72. The fourth-order valence-corrected chi connectivity index (χ4v) is 3.55. The number of hydrogen-bond donors (Lipinski definition) is 2. The lowest BCUT2D eigenvalue weighted by Gasteiger charge is -2.16. The van der Waals surface area contributed by atoms with E-state index in [-0.39, 0.29) is 5.56 Å². The predicted octanol–water partition coefficient (Wildman–Crippen LogP) is 3.03. The van der Waals surface area contributed by atoms with Crippen molar-refractivity contribution < 1.29 is 40.7 Å². The highest BCUT2D eigenvalue weighted by Crippen LogP contribution is 2.25. The van der Waals surface area contributed by atoms with Gasteiger partial charge in [-0.1, -0.05) is 12.1 Å². The normalized spacial score (nSPS) is 12.7. The molecule has 0 aliphatic rings. The van der Waals surface area contributed by atoms with Crippen molar-refractivity contribution in [1.82, 2.24) is 4.72 Å². The number of aryl methyl sites for hydroxylation is 1. The third-order valence-electron chi connectivity index (χ3n) is 4.11. The number of esters is 1. The Labute approximate surface area is 182 Å². The van der Waals surface area contributed by atoms with Crippen molar-refractivity contribution in [3.05, 3.63) is 53.6 Å². The van der Waals surface area contributed by atoms with Crippen molar-refractivity contribution in [1.29, 1.82) is 0 Å². The molecular weight excluding hydrogens is 453 g/mol. The molecule has 0 saturated heterocycles. The minimum atomic E-state index is -4.74. The fourth-order valence-electron chi connectivity index (χ4n) is 2.49. The van der Waals surface area contributed by atoms with E-state index in [1.807, 2.05) is 6.92 Å². The molecule has 0 radical (unpaired) electrons. The zero-order chi connectivity index (χ0) is 24.1. The van der Waals surface area contributed by atoms with Gasteiger partial charge in [0.2, 0.25) is 10.0 Å². The number of halogens is 3. The van der Waals surface area contributed by atoms with Crippen molar-refractivity contribution >= 4 is 27.6 Å². The summed E-state index contributed by atoms with van der Waals surface area (Å²) in [5.74, 6) is -1.30. The second-order valence-corrected chi connectivity index (χ2v) is 8.48. The SMILES string of the molecule is COc1ccc(C)cc1NC(=O)[C@H](C)OC(=O)c1cccc(S(=O)(=O)NCC(F)(F)F)c1. The molecule has 32 heavy (non-hydrogen) atoms. The van der Waals surface area contributed by atoms with Crippen LogP contribution < -0.4 is 14.8 Å².